The van der Waals surface area contributed by atoms with Crippen LogP contribution in [0.1, 0.15) is 10.6 Å². The van der Waals surface area contributed by atoms with Gasteiger partial charge in [0.15, 0.2) is 12.4 Å². The molecule has 0 unspecified atom stereocenters. The fraction of sp³-hybridized carbons (Fsp3) is 0.333. The third kappa shape index (κ3) is 4.61. The highest BCUT2D eigenvalue weighted by Crippen LogP contribution is 2.23. The van der Waals surface area contributed by atoms with Crippen molar-refractivity contribution in [3.8, 4) is 17.2 Å². The number of carbonyl (C=O) groups is 1. The minimum atomic E-state index is 0.0375. The molecular formula is C21H23N3O3S. The Morgan fingerprint density at radius 1 is 1.21 bits per heavy atom. The molecule has 0 atom stereocenters. The quantitative estimate of drug-likeness (QED) is 0.638. The van der Waals surface area contributed by atoms with E-state index in [9.17, 15) is 4.79 Å². The predicted molar refractivity (Wildman–Crippen MR) is 108 cm³/mol. The lowest BCUT2D eigenvalue weighted by Gasteiger charge is -2.34. The van der Waals surface area contributed by atoms with Crippen LogP contribution in [0.15, 0.2) is 52.5 Å². The fourth-order valence-corrected chi connectivity index (χ4v) is 4.03. The largest absolute Gasteiger partial charge is 0.484 e. The first-order chi connectivity index (χ1) is 13.7. The molecule has 1 aliphatic heterocycles. The maximum atomic E-state index is 12.4. The van der Waals surface area contributed by atoms with Gasteiger partial charge in [0.1, 0.15) is 16.5 Å². The van der Waals surface area contributed by atoms with Crippen LogP contribution in [0.5, 0.6) is 5.75 Å². The van der Waals surface area contributed by atoms with Crippen LogP contribution < -0.4 is 4.74 Å². The molecule has 0 spiro atoms. The zero-order chi connectivity index (χ0) is 19.3. The summed E-state index contributed by atoms with van der Waals surface area (Å²) in [7, 11) is 0. The summed E-state index contributed by atoms with van der Waals surface area (Å²) in [6.45, 7) is 6.00. The van der Waals surface area contributed by atoms with E-state index in [4.69, 9.17) is 9.15 Å². The first-order valence-electron chi connectivity index (χ1n) is 9.35. The van der Waals surface area contributed by atoms with Gasteiger partial charge in [-0.1, -0.05) is 12.1 Å². The Morgan fingerprint density at radius 2 is 2.07 bits per heavy atom. The number of hydrogen-bond acceptors (Lipinski definition) is 6. The lowest BCUT2D eigenvalue weighted by Crippen LogP contribution is -2.49. The van der Waals surface area contributed by atoms with Gasteiger partial charge in [0.25, 0.3) is 5.91 Å². The molecule has 3 heterocycles. The summed E-state index contributed by atoms with van der Waals surface area (Å²) in [5, 5.41) is 3.09. The number of furan rings is 1. The molecule has 1 fully saturated rings. The van der Waals surface area contributed by atoms with Gasteiger partial charge in [-0.15, -0.1) is 11.3 Å². The molecule has 4 rings (SSSR count). The number of amides is 1. The second-order valence-electron chi connectivity index (χ2n) is 6.87. The molecular weight excluding hydrogens is 374 g/mol. The molecule has 0 saturated carbocycles. The van der Waals surface area contributed by atoms with Gasteiger partial charge in [-0.05, 0) is 36.8 Å². The maximum Gasteiger partial charge on any atom is 0.260 e. The Balaban J connectivity index is 1.23. The number of aryl methyl sites for hydroxylation is 1. The molecule has 6 nitrogen and oxygen atoms in total. The molecule has 1 aliphatic rings. The van der Waals surface area contributed by atoms with Gasteiger partial charge in [-0.3, -0.25) is 9.69 Å². The van der Waals surface area contributed by atoms with Crippen LogP contribution >= 0.6 is 11.3 Å². The van der Waals surface area contributed by atoms with Gasteiger partial charge in [0.2, 0.25) is 0 Å². The van der Waals surface area contributed by atoms with Crippen molar-refractivity contribution >= 4 is 17.2 Å². The van der Waals surface area contributed by atoms with Crippen LogP contribution in [0.25, 0.3) is 11.5 Å². The molecule has 3 aromatic rings. The number of piperazine rings is 1. The minimum Gasteiger partial charge on any atom is -0.484 e. The minimum absolute atomic E-state index is 0.0375. The molecule has 0 bridgehead atoms. The smallest absolute Gasteiger partial charge is 0.260 e. The van der Waals surface area contributed by atoms with E-state index in [1.807, 2.05) is 53.6 Å². The summed E-state index contributed by atoms with van der Waals surface area (Å²) in [5.41, 5.74) is 2.00. The maximum absolute atomic E-state index is 12.4. The van der Waals surface area contributed by atoms with Gasteiger partial charge in [-0.25, -0.2) is 4.98 Å². The summed E-state index contributed by atoms with van der Waals surface area (Å²) in [5.74, 6) is 1.57. The average Bonchev–Trinajstić information content (AvgIpc) is 3.38. The Hall–Kier alpha value is -2.64. The van der Waals surface area contributed by atoms with Crippen LogP contribution in [-0.2, 0) is 11.3 Å². The van der Waals surface area contributed by atoms with Crippen LogP contribution in [0.4, 0.5) is 0 Å². The fourth-order valence-electron chi connectivity index (χ4n) is 3.21. The number of rotatable bonds is 6. The number of thiazole rings is 1. The van der Waals surface area contributed by atoms with Crippen LogP contribution in [0, 0.1) is 6.92 Å². The van der Waals surface area contributed by atoms with Gasteiger partial charge >= 0.3 is 0 Å². The molecule has 146 valence electrons. The SMILES string of the molecule is Cc1cccc(OCC(=O)N2CCN(Cc3nc(-c4ccco4)cs3)CC2)c1. The monoisotopic (exact) mass is 397 g/mol. The molecule has 28 heavy (non-hydrogen) atoms. The standard InChI is InChI=1S/C21H23N3O3S/c1-16-4-2-5-17(12-16)27-14-21(25)24-9-7-23(8-10-24)13-20-22-18(15-28-20)19-6-3-11-26-19/h2-6,11-12,15H,7-10,13-14H2,1H3. The number of ether oxygens (including phenoxy) is 1. The Bertz CT molecular complexity index is 915. The van der Waals surface area contributed by atoms with Crippen molar-refractivity contribution in [3.63, 3.8) is 0 Å². The highest BCUT2D eigenvalue weighted by molar-refractivity contribution is 7.09. The highest BCUT2D eigenvalue weighted by Gasteiger charge is 2.22. The molecule has 7 heteroatoms. The average molecular weight is 398 g/mol. The molecule has 0 radical (unpaired) electrons. The predicted octanol–water partition coefficient (Wildman–Crippen LogP) is 3.43. The Kier molecular flexibility index (Phi) is 5.73. The Morgan fingerprint density at radius 3 is 2.82 bits per heavy atom. The lowest BCUT2D eigenvalue weighted by atomic mass is 10.2. The summed E-state index contributed by atoms with van der Waals surface area (Å²) in [6, 6.07) is 11.5. The van der Waals surface area contributed by atoms with Gasteiger partial charge < -0.3 is 14.1 Å². The number of benzene rings is 1. The number of carbonyl (C=O) groups excluding carboxylic acids is 1. The second-order valence-corrected chi connectivity index (χ2v) is 7.81. The Labute approximate surface area is 168 Å². The van der Waals surface area contributed by atoms with Crippen molar-refractivity contribution in [1.29, 1.82) is 0 Å². The molecule has 1 amide bonds. The van der Waals surface area contributed by atoms with Crippen LogP contribution in [0.2, 0.25) is 0 Å². The molecule has 0 N–H and O–H groups in total. The summed E-state index contributed by atoms with van der Waals surface area (Å²) in [4.78, 5) is 21.3. The number of aromatic nitrogens is 1. The number of hydrogen-bond donors (Lipinski definition) is 0. The van der Waals surface area contributed by atoms with Crippen LogP contribution in [0.3, 0.4) is 0 Å². The highest BCUT2D eigenvalue weighted by atomic mass is 32.1. The third-order valence-electron chi connectivity index (χ3n) is 4.76. The van der Waals surface area contributed by atoms with Gasteiger partial charge in [0, 0.05) is 31.6 Å². The first kappa shape index (κ1) is 18.7. The van der Waals surface area contributed by atoms with Crippen molar-refractivity contribution in [3.05, 3.63) is 58.6 Å². The van der Waals surface area contributed by atoms with Crippen molar-refractivity contribution in [2.45, 2.75) is 13.5 Å². The normalized spacial score (nSPS) is 15.0. The zero-order valence-electron chi connectivity index (χ0n) is 15.8. The molecule has 2 aromatic heterocycles. The second kappa shape index (κ2) is 8.58. The van der Waals surface area contributed by atoms with E-state index in [2.05, 4.69) is 9.88 Å². The van der Waals surface area contributed by atoms with Gasteiger partial charge in [0.05, 0.1) is 12.8 Å². The first-order valence-corrected chi connectivity index (χ1v) is 10.2. The van der Waals surface area contributed by atoms with Crippen LogP contribution in [-0.4, -0.2) is 53.5 Å². The van der Waals surface area contributed by atoms with E-state index >= 15 is 0 Å². The lowest BCUT2D eigenvalue weighted by molar-refractivity contribution is -0.135. The third-order valence-corrected chi connectivity index (χ3v) is 5.59. The summed E-state index contributed by atoms with van der Waals surface area (Å²) in [6.07, 6.45) is 1.66. The molecule has 1 saturated heterocycles. The number of nitrogens with zero attached hydrogens (tertiary/aromatic N) is 3. The van der Waals surface area contributed by atoms with E-state index in [1.54, 1.807) is 17.6 Å². The van der Waals surface area contributed by atoms with E-state index in [-0.39, 0.29) is 12.5 Å². The van der Waals surface area contributed by atoms with Crippen molar-refractivity contribution < 1.29 is 13.9 Å². The van der Waals surface area contributed by atoms with E-state index in [0.717, 1.165) is 47.4 Å². The topological polar surface area (TPSA) is 58.8 Å². The van der Waals surface area contributed by atoms with Crippen molar-refractivity contribution in [1.82, 2.24) is 14.8 Å². The summed E-state index contributed by atoms with van der Waals surface area (Å²) < 4.78 is 11.0. The van der Waals surface area contributed by atoms with Crippen molar-refractivity contribution in [2.75, 3.05) is 32.8 Å². The molecule has 0 aliphatic carbocycles. The van der Waals surface area contributed by atoms with Gasteiger partial charge in [-0.2, -0.15) is 0 Å². The van der Waals surface area contributed by atoms with Crippen molar-refractivity contribution in [2.24, 2.45) is 0 Å². The molecule has 1 aromatic carbocycles. The van der Waals surface area contributed by atoms with E-state index in [0.29, 0.717) is 13.1 Å². The van der Waals surface area contributed by atoms with E-state index in [1.165, 1.54) is 0 Å². The van der Waals surface area contributed by atoms with E-state index < -0.39 is 0 Å². The zero-order valence-corrected chi connectivity index (χ0v) is 16.7. The summed E-state index contributed by atoms with van der Waals surface area (Å²) >= 11 is 1.64.